The van der Waals surface area contributed by atoms with Crippen molar-refractivity contribution in [1.29, 1.82) is 0 Å². The molecule has 134 valence electrons. The molecule has 5 rings (SSSR count). The van der Waals surface area contributed by atoms with Crippen molar-refractivity contribution in [3.63, 3.8) is 0 Å². The molecule has 26 heavy (non-hydrogen) atoms. The predicted octanol–water partition coefficient (Wildman–Crippen LogP) is 2.41. The summed E-state index contributed by atoms with van der Waals surface area (Å²) in [7, 11) is 1.67. The minimum atomic E-state index is -0.566. The fourth-order valence-electron chi connectivity index (χ4n) is 4.12. The molecule has 0 amide bonds. The van der Waals surface area contributed by atoms with Crippen molar-refractivity contribution >= 4 is 10.8 Å². The molecule has 0 aliphatic carbocycles. The van der Waals surface area contributed by atoms with E-state index in [1.165, 1.54) is 0 Å². The van der Waals surface area contributed by atoms with E-state index in [0.717, 1.165) is 27.9 Å². The third-order valence-electron chi connectivity index (χ3n) is 5.36. The maximum Gasteiger partial charge on any atom is 0.144 e. The molecular formula is C20H20N2O4. The van der Waals surface area contributed by atoms with Crippen molar-refractivity contribution in [2.75, 3.05) is 20.3 Å². The molecule has 2 aromatic carbocycles. The normalized spacial score (nSPS) is 27.8. The summed E-state index contributed by atoms with van der Waals surface area (Å²) in [5.41, 5.74) is 0.956. The summed E-state index contributed by atoms with van der Waals surface area (Å²) < 4.78 is 19.3. The molecule has 1 aromatic heterocycles. The Morgan fingerprint density at radius 1 is 1.12 bits per heavy atom. The first-order valence-electron chi connectivity index (χ1n) is 8.78. The van der Waals surface area contributed by atoms with Gasteiger partial charge < -0.3 is 23.9 Å². The number of aliphatic hydroxyl groups excluding tert-OH is 1. The summed E-state index contributed by atoms with van der Waals surface area (Å²) in [4.78, 5) is 4.63. The number of hydrogen-bond acceptors (Lipinski definition) is 5. The van der Waals surface area contributed by atoms with E-state index in [1.807, 2.05) is 24.4 Å². The summed E-state index contributed by atoms with van der Waals surface area (Å²) in [6.07, 6.45) is 2.73. The van der Waals surface area contributed by atoms with Gasteiger partial charge in [0.25, 0.3) is 0 Å². The molecule has 2 aliphatic heterocycles. The summed E-state index contributed by atoms with van der Waals surface area (Å²) in [6.45, 7) is 0.802. The highest BCUT2D eigenvalue weighted by molar-refractivity contribution is 5.98. The first kappa shape index (κ1) is 15.8. The minimum Gasteiger partial charge on any atom is -0.496 e. The Balaban J connectivity index is 1.66. The number of ether oxygens (including phenoxy) is 3. The lowest BCUT2D eigenvalue weighted by Crippen LogP contribution is -2.30. The van der Waals surface area contributed by atoms with Crippen LogP contribution in [-0.4, -0.2) is 53.3 Å². The van der Waals surface area contributed by atoms with Crippen molar-refractivity contribution in [3.05, 3.63) is 48.8 Å². The topological polar surface area (TPSA) is 65.7 Å². The maximum atomic E-state index is 10.0. The lowest BCUT2D eigenvalue weighted by Gasteiger charge is -2.21. The molecule has 6 nitrogen and oxygen atoms in total. The van der Waals surface area contributed by atoms with Crippen LogP contribution < -0.4 is 4.74 Å². The van der Waals surface area contributed by atoms with Crippen LogP contribution in [0.15, 0.2) is 48.8 Å². The molecule has 2 saturated heterocycles. The molecule has 3 heterocycles. The molecule has 0 radical (unpaired) electrons. The zero-order chi connectivity index (χ0) is 17.7. The van der Waals surface area contributed by atoms with Crippen LogP contribution >= 0.6 is 0 Å². The lowest BCUT2D eigenvalue weighted by atomic mass is 10.0. The van der Waals surface area contributed by atoms with Gasteiger partial charge in [0.2, 0.25) is 0 Å². The van der Waals surface area contributed by atoms with Crippen LogP contribution in [0.4, 0.5) is 0 Å². The number of imidazole rings is 1. The summed E-state index contributed by atoms with van der Waals surface area (Å²) >= 11 is 0. The van der Waals surface area contributed by atoms with Gasteiger partial charge in [0, 0.05) is 12.4 Å². The summed E-state index contributed by atoms with van der Waals surface area (Å²) in [6, 6.07) is 12.2. The Morgan fingerprint density at radius 2 is 1.96 bits per heavy atom. The second-order valence-corrected chi connectivity index (χ2v) is 6.75. The third kappa shape index (κ3) is 2.26. The van der Waals surface area contributed by atoms with Gasteiger partial charge in [-0.3, -0.25) is 0 Å². The molecule has 2 aliphatic rings. The van der Waals surface area contributed by atoms with Gasteiger partial charge in [0.15, 0.2) is 0 Å². The Hall–Kier alpha value is -2.41. The second kappa shape index (κ2) is 6.09. The number of rotatable bonds is 3. The highest BCUT2D eigenvalue weighted by Gasteiger charge is 2.48. The smallest absolute Gasteiger partial charge is 0.144 e. The van der Waals surface area contributed by atoms with Gasteiger partial charge >= 0.3 is 0 Å². The van der Waals surface area contributed by atoms with Crippen molar-refractivity contribution in [3.8, 4) is 17.1 Å². The van der Waals surface area contributed by atoms with Crippen molar-refractivity contribution < 1.29 is 19.3 Å². The molecular weight excluding hydrogens is 332 g/mol. The first-order valence-corrected chi connectivity index (χ1v) is 8.78. The monoisotopic (exact) mass is 352 g/mol. The number of fused-ring (bicyclic) bond motifs is 2. The van der Waals surface area contributed by atoms with Crippen LogP contribution in [0.1, 0.15) is 6.04 Å². The van der Waals surface area contributed by atoms with Gasteiger partial charge in [-0.05, 0) is 16.8 Å². The van der Waals surface area contributed by atoms with E-state index in [1.54, 1.807) is 13.3 Å². The number of aromatic nitrogens is 2. The van der Waals surface area contributed by atoms with E-state index in [9.17, 15) is 5.11 Å². The van der Waals surface area contributed by atoms with E-state index >= 15 is 0 Å². The van der Waals surface area contributed by atoms with E-state index in [2.05, 4.69) is 27.8 Å². The fourth-order valence-corrected chi connectivity index (χ4v) is 4.12. The van der Waals surface area contributed by atoms with E-state index in [4.69, 9.17) is 14.2 Å². The quantitative estimate of drug-likeness (QED) is 0.784. The van der Waals surface area contributed by atoms with Crippen molar-refractivity contribution in [2.45, 2.75) is 24.4 Å². The average molecular weight is 352 g/mol. The predicted molar refractivity (Wildman–Crippen MR) is 96.2 cm³/mol. The van der Waals surface area contributed by atoms with Gasteiger partial charge in [-0.2, -0.15) is 0 Å². The van der Waals surface area contributed by atoms with Gasteiger partial charge in [0.05, 0.1) is 31.9 Å². The molecule has 0 bridgehead atoms. The number of aliphatic hydroxyl groups is 1. The molecule has 0 spiro atoms. The number of benzene rings is 2. The van der Waals surface area contributed by atoms with E-state index in [-0.39, 0.29) is 18.2 Å². The highest BCUT2D eigenvalue weighted by Crippen LogP contribution is 2.40. The van der Waals surface area contributed by atoms with Gasteiger partial charge in [-0.1, -0.05) is 30.3 Å². The molecule has 4 atom stereocenters. The number of methoxy groups -OCH3 is 1. The Labute approximate surface area is 150 Å². The van der Waals surface area contributed by atoms with Crippen LogP contribution in [0.2, 0.25) is 0 Å². The van der Waals surface area contributed by atoms with Gasteiger partial charge in [0.1, 0.15) is 29.9 Å². The van der Waals surface area contributed by atoms with Crippen LogP contribution in [0.3, 0.4) is 0 Å². The SMILES string of the molecule is COc1ccc2ccccc2c1-c1nccn1[C@@H]1CO[C@H]2[C@@H]1OC[C@H]2O. The van der Waals surface area contributed by atoms with Crippen molar-refractivity contribution in [1.82, 2.24) is 9.55 Å². The minimum absolute atomic E-state index is 0.0293. The van der Waals surface area contributed by atoms with Gasteiger partial charge in [-0.25, -0.2) is 4.98 Å². The van der Waals surface area contributed by atoms with Crippen LogP contribution in [-0.2, 0) is 9.47 Å². The number of hydrogen-bond donors (Lipinski definition) is 1. The number of nitrogens with zero attached hydrogens (tertiary/aromatic N) is 2. The highest BCUT2D eigenvalue weighted by atomic mass is 16.6. The standard InChI is InChI=1S/C20H20N2O4/c1-24-16-7-6-12-4-2-3-5-13(12)17(16)20-21-8-9-22(20)14-10-25-19-15(23)11-26-18(14)19/h2-9,14-15,18-19,23H,10-11H2,1H3/t14-,15-,18-,19-/m1/s1. The summed E-state index contributed by atoms with van der Waals surface area (Å²) in [5.74, 6) is 1.59. The third-order valence-corrected chi connectivity index (χ3v) is 5.36. The van der Waals surface area contributed by atoms with Crippen LogP contribution in [0.5, 0.6) is 5.75 Å². The fraction of sp³-hybridized carbons (Fsp3) is 0.350. The van der Waals surface area contributed by atoms with Crippen LogP contribution in [0, 0.1) is 0 Å². The zero-order valence-electron chi connectivity index (χ0n) is 14.4. The molecule has 2 fully saturated rings. The lowest BCUT2D eigenvalue weighted by molar-refractivity contribution is 0.0172. The summed E-state index contributed by atoms with van der Waals surface area (Å²) in [5, 5.41) is 12.2. The largest absolute Gasteiger partial charge is 0.496 e. The van der Waals surface area contributed by atoms with E-state index < -0.39 is 6.10 Å². The average Bonchev–Trinajstić information content (AvgIpc) is 3.38. The Bertz CT molecular complexity index is 954. The van der Waals surface area contributed by atoms with Crippen molar-refractivity contribution in [2.24, 2.45) is 0 Å². The molecule has 3 aromatic rings. The maximum absolute atomic E-state index is 10.0. The zero-order valence-corrected chi connectivity index (χ0v) is 14.4. The molecule has 0 saturated carbocycles. The van der Waals surface area contributed by atoms with Crippen LogP contribution in [0.25, 0.3) is 22.2 Å². The second-order valence-electron chi connectivity index (χ2n) is 6.75. The molecule has 6 heteroatoms. The molecule has 0 unspecified atom stereocenters. The Morgan fingerprint density at radius 3 is 2.85 bits per heavy atom. The van der Waals surface area contributed by atoms with Gasteiger partial charge in [-0.15, -0.1) is 0 Å². The molecule has 1 N–H and O–H groups in total. The first-order chi connectivity index (χ1) is 12.8. The van der Waals surface area contributed by atoms with E-state index in [0.29, 0.717) is 13.2 Å². The Kier molecular flexibility index (Phi) is 3.70.